The van der Waals surface area contributed by atoms with E-state index >= 15 is 0 Å². The first-order valence-electron chi connectivity index (χ1n) is 8.74. The Morgan fingerprint density at radius 3 is 2.58 bits per heavy atom. The third-order valence-corrected chi connectivity index (χ3v) is 4.42. The van der Waals surface area contributed by atoms with Crippen molar-refractivity contribution in [1.29, 1.82) is 0 Å². The van der Waals surface area contributed by atoms with Gasteiger partial charge in [0, 0.05) is 18.9 Å². The molecule has 0 saturated heterocycles. The summed E-state index contributed by atoms with van der Waals surface area (Å²) in [4.78, 5) is 12.6. The second-order valence-electron chi connectivity index (χ2n) is 6.39. The van der Waals surface area contributed by atoms with Crippen LogP contribution in [0.1, 0.15) is 29.2 Å². The Morgan fingerprint density at radius 2 is 1.85 bits per heavy atom. The fourth-order valence-electron chi connectivity index (χ4n) is 3.06. The van der Waals surface area contributed by atoms with Gasteiger partial charge in [0.25, 0.3) is 0 Å². The number of ether oxygens (including phenoxy) is 1. The molecule has 26 heavy (non-hydrogen) atoms. The van der Waals surface area contributed by atoms with Crippen LogP contribution in [0.2, 0.25) is 0 Å². The molecule has 1 amide bonds. The average molecular weight is 348 g/mol. The Balaban J connectivity index is 1.69. The highest BCUT2D eigenvalue weighted by Gasteiger charge is 2.17. The third-order valence-electron chi connectivity index (χ3n) is 4.42. The summed E-state index contributed by atoms with van der Waals surface area (Å²) in [6.07, 6.45) is 4.40. The number of methoxy groups -OCH3 is 1. The molecule has 4 nitrogen and oxygen atoms in total. The van der Waals surface area contributed by atoms with Crippen molar-refractivity contribution >= 4 is 5.91 Å². The fourth-order valence-corrected chi connectivity index (χ4v) is 3.06. The van der Waals surface area contributed by atoms with Crippen LogP contribution in [0.4, 0.5) is 0 Å². The minimum absolute atomic E-state index is 0.0183. The van der Waals surface area contributed by atoms with Gasteiger partial charge in [-0.15, -0.1) is 0 Å². The van der Waals surface area contributed by atoms with Gasteiger partial charge in [0.1, 0.15) is 5.75 Å². The molecule has 0 spiro atoms. The number of rotatable bonds is 7. The van der Waals surface area contributed by atoms with E-state index in [0.717, 1.165) is 16.9 Å². The van der Waals surface area contributed by atoms with Crippen LogP contribution in [-0.2, 0) is 11.3 Å². The number of hydrogen-bond donors (Lipinski definition) is 1. The smallest absolute Gasteiger partial charge is 0.222 e. The number of nitrogens with one attached hydrogen (secondary N) is 1. The molecule has 0 radical (unpaired) electrons. The molecule has 4 heteroatoms. The quantitative estimate of drug-likeness (QED) is 0.698. The second kappa shape index (κ2) is 8.39. The Bertz CT molecular complexity index is 856. The van der Waals surface area contributed by atoms with E-state index in [4.69, 9.17) is 4.74 Å². The van der Waals surface area contributed by atoms with Crippen molar-refractivity contribution in [3.63, 3.8) is 0 Å². The number of aryl methyl sites for hydroxylation is 1. The molecule has 2 aromatic carbocycles. The maximum absolute atomic E-state index is 12.6. The highest BCUT2D eigenvalue weighted by atomic mass is 16.5. The van der Waals surface area contributed by atoms with Crippen molar-refractivity contribution in [3.8, 4) is 5.75 Å². The van der Waals surface area contributed by atoms with E-state index < -0.39 is 0 Å². The van der Waals surface area contributed by atoms with E-state index in [-0.39, 0.29) is 11.9 Å². The second-order valence-corrected chi connectivity index (χ2v) is 6.39. The summed E-state index contributed by atoms with van der Waals surface area (Å²) >= 11 is 0. The van der Waals surface area contributed by atoms with Crippen LogP contribution in [-0.4, -0.2) is 17.6 Å². The van der Waals surface area contributed by atoms with Crippen LogP contribution in [0.3, 0.4) is 0 Å². The molecule has 0 bridgehead atoms. The summed E-state index contributed by atoms with van der Waals surface area (Å²) in [5.74, 6) is 0.815. The fraction of sp³-hybridized carbons (Fsp3) is 0.227. The van der Waals surface area contributed by atoms with Gasteiger partial charge in [0.2, 0.25) is 5.91 Å². The maximum atomic E-state index is 12.6. The average Bonchev–Trinajstić information content (AvgIpc) is 3.19. The van der Waals surface area contributed by atoms with Crippen LogP contribution in [0.25, 0.3) is 0 Å². The third kappa shape index (κ3) is 4.54. The normalized spacial score (nSPS) is 11.8. The molecule has 134 valence electrons. The number of amides is 1. The van der Waals surface area contributed by atoms with Crippen LogP contribution < -0.4 is 10.1 Å². The van der Waals surface area contributed by atoms with E-state index in [0.29, 0.717) is 13.0 Å². The molecule has 1 N–H and O–H groups in total. The molecule has 1 atom stereocenters. The van der Waals surface area contributed by atoms with E-state index in [2.05, 4.69) is 35.0 Å². The minimum atomic E-state index is -0.0183. The zero-order chi connectivity index (χ0) is 18.4. The first kappa shape index (κ1) is 17.8. The zero-order valence-corrected chi connectivity index (χ0v) is 15.2. The van der Waals surface area contributed by atoms with Gasteiger partial charge in [-0.1, -0.05) is 42.0 Å². The molecule has 3 aromatic rings. The molecule has 0 aliphatic rings. The topological polar surface area (TPSA) is 43.3 Å². The predicted molar refractivity (Wildman–Crippen MR) is 103 cm³/mol. The lowest BCUT2D eigenvalue weighted by Gasteiger charge is -2.20. The molecule has 0 aliphatic carbocycles. The standard InChI is InChI=1S/C22H24N2O2/c1-17-7-5-9-19(13-17)21(24-11-3-4-12-24)15-22(25)23-16-18-8-6-10-20(14-18)26-2/h3-14,21H,15-16H2,1-2H3,(H,23,25). The van der Waals surface area contributed by atoms with Gasteiger partial charge < -0.3 is 14.6 Å². The number of carbonyl (C=O) groups is 1. The maximum Gasteiger partial charge on any atom is 0.222 e. The lowest BCUT2D eigenvalue weighted by molar-refractivity contribution is -0.121. The molecule has 0 fully saturated rings. The van der Waals surface area contributed by atoms with Gasteiger partial charge in [-0.05, 0) is 42.3 Å². The van der Waals surface area contributed by atoms with Gasteiger partial charge in [0.05, 0.1) is 19.6 Å². The van der Waals surface area contributed by atoms with Gasteiger partial charge in [-0.25, -0.2) is 0 Å². The molecule has 1 unspecified atom stereocenters. The van der Waals surface area contributed by atoms with Crippen molar-refractivity contribution < 1.29 is 9.53 Å². The minimum Gasteiger partial charge on any atom is -0.497 e. The van der Waals surface area contributed by atoms with Gasteiger partial charge in [0.15, 0.2) is 0 Å². The number of nitrogens with zero attached hydrogens (tertiary/aromatic N) is 1. The van der Waals surface area contributed by atoms with Crippen LogP contribution in [0.5, 0.6) is 5.75 Å². The summed E-state index contributed by atoms with van der Waals surface area (Å²) in [6, 6.07) is 20.0. The molecule has 1 heterocycles. The van der Waals surface area contributed by atoms with E-state index in [1.807, 2.05) is 54.9 Å². The Morgan fingerprint density at radius 1 is 1.08 bits per heavy atom. The predicted octanol–water partition coefficient (Wildman–Crippen LogP) is 4.10. The van der Waals surface area contributed by atoms with Gasteiger partial charge >= 0.3 is 0 Å². The monoisotopic (exact) mass is 348 g/mol. The lowest BCUT2D eigenvalue weighted by atomic mass is 10.0. The highest BCUT2D eigenvalue weighted by molar-refractivity contribution is 5.76. The summed E-state index contributed by atoms with van der Waals surface area (Å²) in [5, 5.41) is 3.02. The number of benzene rings is 2. The van der Waals surface area contributed by atoms with Crippen molar-refractivity contribution in [2.75, 3.05) is 7.11 Å². The van der Waals surface area contributed by atoms with Crippen molar-refractivity contribution in [2.24, 2.45) is 0 Å². The van der Waals surface area contributed by atoms with Crippen molar-refractivity contribution in [1.82, 2.24) is 9.88 Å². The highest BCUT2D eigenvalue weighted by Crippen LogP contribution is 2.23. The molecule has 1 aromatic heterocycles. The van der Waals surface area contributed by atoms with Gasteiger partial charge in [-0.2, -0.15) is 0 Å². The number of hydrogen-bond acceptors (Lipinski definition) is 2. The summed E-state index contributed by atoms with van der Waals surface area (Å²) in [6.45, 7) is 2.56. The number of carbonyl (C=O) groups excluding carboxylic acids is 1. The Hall–Kier alpha value is -3.01. The summed E-state index contributed by atoms with van der Waals surface area (Å²) in [5.41, 5.74) is 3.35. The molecule has 0 saturated carbocycles. The Labute approximate surface area is 154 Å². The first-order valence-corrected chi connectivity index (χ1v) is 8.74. The molecular formula is C22H24N2O2. The largest absolute Gasteiger partial charge is 0.497 e. The first-order chi connectivity index (χ1) is 12.7. The Kier molecular flexibility index (Phi) is 5.74. The SMILES string of the molecule is COc1cccc(CNC(=O)CC(c2cccc(C)c2)n2cccc2)c1. The van der Waals surface area contributed by atoms with E-state index in [1.54, 1.807) is 7.11 Å². The van der Waals surface area contributed by atoms with Crippen molar-refractivity contribution in [3.05, 3.63) is 89.7 Å². The number of aromatic nitrogens is 1. The van der Waals surface area contributed by atoms with Crippen LogP contribution >= 0.6 is 0 Å². The molecular weight excluding hydrogens is 324 g/mol. The molecule has 3 rings (SSSR count). The summed E-state index contributed by atoms with van der Waals surface area (Å²) in [7, 11) is 1.64. The van der Waals surface area contributed by atoms with Crippen LogP contribution in [0.15, 0.2) is 73.1 Å². The van der Waals surface area contributed by atoms with E-state index in [1.165, 1.54) is 5.56 Å². The summed E-state index contributed by atoms with van der Waals surface area (Å²) < 4.78 is 7.31. The molecule has 0 aliphatic heterocycles. The lowest BCUT2D eigenvalue weighted by Crippen LogP contribution is -2.26. The van der Waals surface area contributed by atoms with Crippen LogP contribution in [0, 0.1) is 6.92 Å². The zero-order valence-electron chi connectivity index (χ0n) is 15.2. The van der Waals surface area contributed by atoms with Gasteiger partial charge in [-0.3, -0.25) is 4.79 Å². The van der Waals surface area contributed by atoms with Crippen molar-refractivity contribution in [2.45, 2.75) is 25.9 Å². The van der Waals surface area contributed by atoms with E-state index in [9.17, 15) is 4.79 Å².